The number of piperidine rings is 1. The lowest BCUT2D eigenvalue weighted by atomic mass is 9.97. The van der Waals surface area contributed by atoms with Crippen LogP contribution < -0.4 is 5.32 Å². The van der Waals surface area contributed by atoms with E-state index in [0.717, 1.165) is 70.7 Å². The van der Waals surface area contributed by atoms with Gasteiger partial charge in [0, 0.05) is 46.9 Å². The van der Waals surface area contributed by atoms with Crippen molar-refractivity contribution in [2.75, 3.05) is 73.2 Å². The van der Waals surface area contributed by atoms with Crippen molar-refractivity contribution >= 4 is 5.96 Å². The second kappa shape index (κ2) is 10.4. The Bertz CT molecular complexity index is 435. The van der Waals surface area contributed by atoms with E-state index in [1.165, 1.54) is 25.9 Å². The highest BCUT2D eigenvalue weighted by atomic mass is 16.5. The molecule has 3 heterocycles. The van der Waals surface area contributed by atoms with Crippen LogP contribution in [0, 0.1) is 5.92 Å². The summed E-state index contributed by atoms with van der Waals surface area (Å²) in [4.78, 5) is 9.36. The van der Waals surface area contributed by atoms with Gasteiger partial charge in [0.2, 0.25) is 0 Å². The lowest BCUT2D eigenvalue weighted by Gasteiger charge is -2.38. The Hall–Kier alpha value is -0.890. The van der Waals surface area contributed by atoms with Gasteiger partial charge < -0.3 is 29.3 Å². The Balaban J connectivity index is 1.40. The zero-order chi connectivity index (χ0) is 18.2. The van der Waals surface area contributed by atoms with Gasteiger partial charge in [-0.1, -0.05) is 0 Å². The van der Waals surface area contributed by atoms with Crippen LogP contribution in [0.3, 0.4) is 0 Å². The van der Waals surface area contributed by atoms with Crippen molar-refractivity contribution in [3.05, 3.63) is 0 Å². The van der Waals surface area contributed by atoms with Gasteiger partial charge in [0.25, 0.3) is 0 Å². The SMILES string of the molecule is CN=C(NCC1CCN(CCOC)CC1)N1CCOC(C2CCCO2)C1. The molecule has 3 rings (SSSR count). The van der Waals surface area contributed by atoms with Crippen LogP contribution in [-0.2, 0) is 14.2 Å². The van der Waals surface area contributed by atoms with Gasteiger partial charge in [0.15, 0.2) is 5.96 Å². The third-order valence-corrected chi connectivity index (χ3v) is 5.85. The van der Waals surface area contributed by atoms with Gasteiger partial charge in [0.1, 0.15) is 6.10 Å². The van der Waals surface area contributed by atoms with Crippen molar-refractivity contribution in [2.24, 2.45) is 10.9 Å². The molecule has 0 aromatic heterocycles. The number of rotatable bonds is 6. The van der Waals surface area contributed by atoms with Crippen LogP contribution in [0.2, 0.25) is 0 Å². The number of aliphatic imine (C=N–C) groups is 1. The van der Waals surface area contributed by atoms with Crippen molar-refractivity contribution in [1.29, 1.82) is 0 Å². The van der Waals surface area contributed by atoms with E-state index in [9.17, 15) is 0 Å². The van der Waals surface area contributed by atoms with Gasteiger partial charge in [0.05, 0.1) is 19.3 Å². The van der Waals surface area contributed by atoms with Gasteiger partial charge in [-0.15, -0.1) is 0 Å². The molecule has 0 radical (unpaired) electrons. The Kier molecular flexibility index (Phi) is 7.98. The van der Waals surface area contributed by atoms with E-state index in [0.29, 0.717) is 0 Å². The molecule has 0 aromatic carbocycles. The minimum atomic E-state index is 0.175. The fraction of sp³-hybridized carbons (Fsp3) is 0.947. The summed E-state index contributed by atoms with van der Waals surface area (Å²) in [5.41, 5.74) is 0. The molecule has 0 saturated carbocycles. The number of hydrogen-bond acceptors (Lipinski definition) is 5. The predicted molar refractivity (Wildman–Crippen MR) is 103 cm³/mol. The second-order valence-corrected chi connectivity index (χ2v) is 7.61. The highest BCUT2D eigenvalue weighted by Gasteiger charge is 2.32. The minimum Gasteiger partial charge on any atom is -0.383 e. The standard InChI is InChI=1S/C19H36N4O3/c1-20-19(21-14-16-5-7-22(8-6-16)9-12-24-2)23-10-13-26-18(15-23)17-4-3-11-25-17/h16-18H,3-15H2,1-2H3,(H,20,21). The molecular weight excluding hydrogens is 332 g/mol. The summed E-state index contributed by atoms with van der Waals surface area (Å²) in [6, 6.07) is 0. The van der Waals surface area contributed by atoms with E-state index in [1.807, 2.05) is 7.05 Å². The highest BCUT2D eigenvalue weighted by molar-refractivity contribution is 5.80. The molecule has 3 aliphatic rings. The quantitative estimate of drug-likeness (QED) is 0.553. The first-order chi connectivity index (χ1) is 12.8. The molecule has 0 aliphatic carbocycles. The van der Waals surface area contributed by atoms with Crippen LogP contribution in [-0.4, -0.2) is 101 Å². The van der Waals surface area contributed by atoms with E-state index in [1.54, 1.807) is 7.11 Å². The van der Waals surface area contributed by atoms with Crippen LogP contribution in [0.4, 0.5) is 0 Å². The third-order valence-electron chi connectivity index (χ3n) is 5.85. The zero-order valence-electron chi connectivity index (χ0n) is 16.5. The topological polar surface area (TPSA) is 58.6 Å². The number of hydrogen-bond donors (Lipinski definition) is 1. The summed E-state index contributed by atoms with van der Waals surface area (Å²) in [7, 11) is 3.66. The Morgan fingerprint density at radius 2 is 1.92 bits per heavy atom. The number of nitrogens with one attached hydrogen (secondary N) is 1. The highest BCUT2D eigenvalue weighted by Crippen LogP contribution is 2.21. The maximum atomic E-state index is 5.96. The zero-order valence-corrected chi connectivity index (χ0v) is 16.5. The van der Waals surface area contributed by atoms with E-state index < -0.39 is 0 Å². The maximum Gasteiger partial charge on any atom is 0.193 e. The Labute approximate surface area is 158 Å². The van der Waals surface area contributed by atoms with Crippen LogP contribution in [0.25, 0.3) is 0 Å². The molecule has 0 aromatic rings. The van der Waals surface area contributed by atoms with E-state index in [-0.39, 0.29) is 12.2 Å². The molecule has 2 unspecified atom stereocenters. The fourth-order valence-electron chi connectivity index (χ4n) is 4.19. The van der Waals surface area contributed by atoms with Gasteiger partial charge in [-0.2, -0.15) is 0 Å². The first-order valence-corrected chi connectivity index (χ1v) is 10.2. The van der Waals surface area contributed by atoms with Crippen LogP contribution in [0.15, 0.2) is 4.99 Å². The Morgan fingerprint density at radius 1 is 1.12 bits per heavy atom. The molecule has 150 valence electrons. The van der Waals surface area contributed by atoms with E-state index in [4.69, 9.17) is 14.2 Å². The molecule has 26 heavy (non-hydrogen) atoms. The van der Waals surface area contributed by atoms with Crippen molar-refractivity contribution in [1.82, 2.24) is 15.1 Å². The summed E-state index contributed by atoms with van der Waals surface area (Å²) >= 11 is 0. The van der Waals surface area contributed by atoms with Crippen molar-refractivity contribution < 1.29 is 14.2 Å². The molecule has 0 amide bonds. The predicted octanol–water partition coefficient (Wildman–Crippen LogP) is 0.800. The molecular formula is C19H36N4O3. The molecule has 7 nitrogen and oxygen atoms in total. The van der Waals surface area contributed by atoms with Gasteiger partial charge in [-0.05, 0) is 44.7 Å². The minimum absolute atomic E-state index is 0.175. The van der Waals surface area contributed by atoms with E-state index >= 15 is 0 Å². The van der Waals surface area contributed by atoms with Crippen LogP contribution in [0.5, 0.6) is 0 Å². The molecule has 7 heteroatoms. The Morgan fingerprint density at radius 3 is 2.62 bits per heavy atom. The maximum absolute atomic E-state index is 5.96. The van der Waals surface area contributed by atoms with Gasteiger partial charge >= 0.3 is 0 Å². The summed E-state index contributed by atoms with van der Waals surface area (Å²) in [5, 5.41) is 3.61. The fourth-order valence-corrected chi connectivity index (χ4v) is 4.19. The largest absolute Gasteiger partial charge is 0.383 e. The number of morpholine rings is 1. The molecule has 0 spiro atoms. The second-order valence-electron chi connectivity index (χ2n) is 7.61. The van der Waals surface area contributed by atoms with Crippen LogP contribution >= 0.6 is 0 Å². The number of methoxy groups -OCH3 is 1. The lowest BCUT2D eigenvalue weighted by Crippen LogP contribution is -2.54. The molecule has 1 N–H and O–H groups in total. The first-order valence-electron chi connectivity index (χ1n) is 10.2. The summed E-state index contributed by atoms with van der Waals surface area (Å²) in [6.07, 6.45) is 5.19. The first kappa shape index (κ1) is 19.9. The number of likely N-dealkylation sites (tertiary alicyclic amines) is 1. The average Bonchev–Trinajstić information content (AvgIpc) is 3.23. The number of guanidine groups is 1. The van der Waals surface area contributed by atoms with Crippen molar-refractivity contribution in [3.63, 3.8) is 0 Å². The molecule has 3 fully saturated rings. The molecule has 3 saturated heterocycles. The smallest absolute Gasteiger partial charge is 0.193 e. The normalized spacial score (nSPS) is 29.3. The van der Waals surface area contributed by atoms with E-state index in [2.05, 4.69) is 20.1 Å². The number of ether oxygens (including phenoxy) is 3. The van der Waals surface area contributed by atoms with Gasteiger partial charge in [-0.25, -0.2) is 0 Å². The van der Waals surface area contributed by atoms with Crippen LogP contribution in [0.1, 0.15) is 25.7 Å². The van der Waals surface area contributed by atoms with Gasteiger partial charge in [-0.3, -0.25) is 4.99 Å². The monoisotopic (exact) mass is 368 g/mol. The summed E-state index contributed by atoms with van der Waals surface area (Å²) in [5.74, 6) is 1.73. The van der Waals surface area contributed by atoms with Crippen molar-refractivity contribution in [2.45, 2.75) is 37.9 Å². The molecule has 0 bridgehead atoms. The lowest BCUT2D eigenvalue weighted by molar-refractivity contribution is -0.0817. The van der Waals surface area contributed by atoms with Crippen molar-refractivity contribution in [3.8, 4) is 0 Å². The third kappa shape index (κ3) is 5.55. The average molecular weight is 369 g/mol. The number of nitrogens with zero attached hydrogens (tertiary/aromatic N) is 3. The summed E-state index contributed by atoms with van der Waals surface area (Å²) < 4.78 is 17.0. The molecule has 2 atom stereocenters. The summed E-state index contributed by atoms with van der Waals surface area (Å²) in [6.45, 7) is 8.64. The molecule has 3 aliphatic heterocycles.